The predicted molar refractivity (Wildman–Crippen MR) is 135 cm³/mol. The van der Waals surface area contributed by atoms with Crippen LogP contribution in [0.1, 0.15) is 0 Å². The lowest BCUT2D eigenvalue weighted by atomic mass is 10.2. The van der Waals surface area contributed by atoms with Crippen molar-refractivity contribution in [2.24, 2.45) is 0 Å². The first-order valence-corrected chi connectivity index (χ1v) is 15.8. The highest BCUT2D eigenvalue weighted by atomic mass is 32.3. The average Bonchev–Trinajstić information content (AvgIpc) is 3.30. The maximum atomic E-state index is 10.5. The fourth-order valence-electron chi connectivity index (χ4n) is 2.37. The van der Waals surface area contributed by atoms with Crippen molar-refractivity contribution in [1.82, 2.24) is 0 Å². The number of aliphatic hydroxyl groups is 1. The zero-order chi connectivity index (χ0) is 19.3. The van der Waals surface area contributed by atoms with Crippen LogP contribution in [0, 0.1) is 0 Å². The van der Waals surface area contributed by atoms with Crippen LogP contribution in [-0.4, -0.2) is 67.4 Å². The van der Waals surface area contributed by atoms with Gasteiger partial charge >= 0.3 is 0 Å². The van der Waals surface area contributed by atoms with Gasteiger partial charge in [0.25, 0.3) is 0 Å². The van der Waals surface area contributed by atoms with Crippen LogP contribution in [0.5, 0.6) is 0 Å². The van der Waals surface area contributed by atoms with Crippen LogP contribution < -0.4 is 0 Å². The lowest BCUT2D eigenvalue weighted by molar-refractivity contribution is -0.117. The molecule has 0 saturated carbocycles. The molecule has 12 heteroatoms. The van der Waals surface area contributed by atoms with E-state index in [1.807, 2.05) is 70.6 Å². The third kappa shape index (κ3) is 6.00. The Balaban J connectivity index is 1.32. The summed E-state index contributed by atoms with van der Waals surface area (Å²) >= 11 is 15.2. The van der Waals surface area contributed by atoms with Crippen molar-refractivity contribution in [3.8, 4) is 0 Å². The molecule has 0 fully saturated rings. The van der Waals surface area contributed by atoms with Crippen LogP contribution in [0.25, 0.3) is 0 Å². The fraction of sp³-hybridized carbons (Fsp3) is 0.625. The molecule has 1 N–H and O–H groups in total. The third-order valence-electron chi connectivity index (χ3n) is 3.78. The lowest BCUT2D eigenvalue weighted by Crippen LogP contribution is -2.34. The molecule has 0 radical (unpaired) electrons. The molecule has 4 nitrogen and oxygen atoms in total. The topological polar surface area (TPSA) is 47.9 Å². The third-order valence-corrected chi connectivity index (χ3v) is 15.8. The normalized spacial score (nSPS) is 28.5. The minimum atomic E-state index is -0.489. The average molecular weight is 533 g/mol. The van der Waals surface area contributed by atoms with E-state index in [1.165, 1.54) is 36.9 Å². The van der Waals surface area contributed by atoms with Crippen molar-refractivity contribution in [2.75, 3.05) is 50.1 Å². The summed E-state index contributed by atoms with van der Waals surface area (Å²) in [5, 5.41) is 10.5. The number of rotatable bonds is 6. The molecule has 156 valence electrons. The van der Waals surface area contributed by atoms with Crippen LogP contribution in [-0.2, 0) is 14.2 Å². The first-order chi connectivity index (χ1) is 13.7. The monoisotopic (exact) mass is 532 g/mol. The number of hydrogen-bond acceptors (Lipinski definition) is 12. The summed E-state index contributed by atoms with van der Waals surface area (Å²) in [5.41, 5.74) is 0. The molecule has 4 rings (SSSR count). The van der Waals surface area contributed by atoms with E-state index >= 15 is 0 Å². The van der Waals surface area contributed by atoms with Crippen LogP contribution in [0.3, 0.4) is 0 Å². The standard InChI is InChI=1S/C16H20O4S8/c1-18-2-3-19-8-20-10-7-24-14-13(23-6-9(10)17)27-16(28-14)15-25-11-12(26-15)22-5-4-21-11/h9-10,17H,2-8H2,1H3/t9-,10-/m0/s1. The Bertz CT molecular complexity index is 660. The zero-order valence-electron chi connectivity index (χ0n) is 15.0. The second kappa shape index (κ2) is 11.6. The van der Waals surface area contributed by atoms with Gasteiger partial charge in [-0.15, -0.1) is 47.0 Å². The summed E-state index contributed by atoms with van der Waals surface area (Å²) in [4.78, 5) is 0. The molecular formula is C16H20O4S8. The SMILES string of the molecule is COCCOCO[C@H]1CSC2=C(SC[C@@H]1O)SC(=C1SC3=C(SCCS3)S1)S2. The van der Waals surface area contributed by atoms with Crippen LogP contribution in [0.4, 0.5) is 0 Å². The molecule has 28 heavy (non-hydrogen) atoms. The molecule has 0 aromatic rings. The Morgan fingerprint density at radius 3 is 1.96 bits per heavy atom. The van der Waals surface area contributed by atoms with E-state index in [9.17, 15) is 5.11 Å². The second-order valence-electron chi connectivity index (χ2n) is 5.74. The van der Waals surface area contributed by atoms with Gasteiger partial charge in [0.2, 0.25) is 0 Å². The molecule has 0 aromatic carbocycles. The zero-order valence-corrected chi connectivity index (χ0v) is 21.6. The summed E-state index contributed by atoms with van der Waals surface area (Å²) < 4.78 is 24.6. The molecule has 2 atom stereocenters. The number of hydrogen-bond donors (Lipinski definition) is 1. The largest absolute Gasteiger partial charge is 0.390 e. The van der Waals surface area contributed by atoms with Crippen molar-refractivity contribution in [3.63, 3.8) is 0 Å². The Morgan fingerprint density at radius 1 is 0.786 bits per heavy atom. The van der Waals surface area contributed by atoms with E-state index in [4.69, 9.17) is 14.2 Å². The first kappa shape index (κ1) is 23.0. The highest BCUT2D eigenvalue weighted by Crippen LogP contribution is 2.67. The summed E-state index contributed by atoms with van der Waals surface area (Å²) in [7, 11) is 1.65. The molecule has 0 spiro atoms. The van der Waals surface area contributed by atoms with E-state index in [-0.39, 0.29) is 12.9 Å². The molecule has 4 aliphatic rings. The van der Waals surface area contributed by atoms with Crippen molar-refractivity contribution in [2.45, 2.75) is 12.2 Å². The summed E-state index contributed by atoms with van der Waals surface area (Å²) in [6, 6.07) is 0. The number of methoxy groups -OCH3 is 1. The number of thioether (sulfide) groups is 8. The van der Waals surface area contributed by atoms with Gasteiger partial charge in [0.15, 0.2) is 0 Å². The molecular weight excluding hydrogens is 513 g/mol. The molecule has 0 amide bonds. The van der Waals surface area contributed by atoms with Gasteiger partial charge in [0, 0.05) is 30.1 Å². The molecule has 0 bridgehead atoms. The van der Waals surface area contributed by atoms with Gasteiger partial charge in [-0.05, 0) is 0 Å². The Hall–Kier alpha value is 1.86. The van der Waals surface area contributed by atoms with Gasteiger partial charge in [0.1, 0.15) is 6.79 Å². The maximum Gasteiger partial charge on any atom is 0.147 e. The van der Waals surface area contributed by atoms with Gasteiger partial charge in [-0.1, -0.05) is 47.0 Å². The van der Waals surface area contributed by atoms with Gasteiger partial charge in [-0.2, -0.15) is 0 Å². The molecule has 0 aromatic heterocycles. The van der Waals surface area contributed by atoms with Gasteiger partial charge < -0.3 is 19.3 Å². The maximum absolute atomic E-state index is 10.5. The Kier molecular flexibility index (Phi) is 9.58. The highest BCUT2D eigenvalue weighted by molar-refractivity contribution is 8.45. The van der Waals surface area contributed by atoms with E-state index in [2.05, 4.69) is 0 Å². The molecule has 0 saturated heterocycles. The number of aliphatic hydroxyl groups excluding tert-OH is 1. The predicted octanol–water partition coefficient (Wildman–Crippen LogP) is 5.65. The van der Waals surface area contributed by atoms with Gasteiger partial charge in [0.05, 0.1) is 50.8 Å². The van der Waals surface area contributed by atoms with Crippen LogP contribution in [0.15, 0.2) is 25.4 Å². The number of ether oxygens (including phenoxy) is 3. The van der Waals surface area contributed by atoms with E-state index < -0.39 is 6.10 Å². The molecule has 4 aliphatic heterocycles. The van der Waals surface area contributed by atoms with E-state index in [0.717, 1.165) is 5.75 Å². The smallest absolute Gasteiger partial charge is 0.147 e. The molecule has 0 unspecified atom stereocenters. The quantitative estimate of drug-likeness (QED) is 0.339. The Labute approximate surface area is 199 Å². The van der Waals surface area contributed by atoms with Crippen LogP contribution in [0.2, 0.25) is 0 Å². The summed E-state index contributed by atoms with van der Waals surface area (Å²) in [6.45, 7) is 1.25. The van der Waals surface area contributed by atoms with Gasteiger partial charge in [-0.3, -0.25) is 0 Å². The summed E-state index contributed by atoms with van der Waals surface area (Å²) in [5.74, 6) is 3.83. The Morgan fingerprint density at radius 2 is 1.36 bits per heavy atom. The second-order valence-corrected chi connectivity index (χ2v) is 15.6. The van der Waals surface area contributed by atoms with Gasteiger partial charge in [-0.25, -0.2) is 0 Å². The van der Waals surface area contributed by atoms with Crippen molar-refractivity contribution < 1.29 is 19.3 Å². The lowest BCUT2D eigenvalue weighted by Gasteiger charge is -2.25. The van der Waals surface area contributed by atoms with E-state index in [1.54, 1.807) is 30.6 Å². The first-order valence-electron chi connectivity index (χ1n) is 8.56. The molecule has 4 heterocycles. The minimum absolute atomic E-state index is 0.194. The fourth-order valence-corrected chi connectivity index (χ4v) is 14.6. The van der Waals surface area contributed by atoms with Crippen molar-refractivity contribution >= 4 is 94.1 Å². The van der Waals surface area contributed by atoms with Crippen molar-refractivity contribution in [1.29, 1.82) is 0 Å². The molecule has 0 aliphatic carbocycles. The highest BCUT2D eigenvalue weighted by Gasteiger charge is 2.34. The van der Waals surface area contributed by atoms with Crippen molar-refractivity contribution in [3.05, 3.63) is 25.4 Å². The summed E-state index contributed by atoms with van der Waals surface area (Å²) in [6.07, 6.45) is -0.703. The van der Waals surface area contributed by atoms with E-state index in [0.29, 0.717) is 19.0 Å². The minimum Gasteiger partial charge on any atom is -0.390 e. The van der Waals surface area contributed by atoms with Crippen LogP contribution >= 0.6 is 94.1 Å².